The topological polar surface area (TPSA) is 12.0 Å². The van der Waals surface area contributed by atoms with Crippen molar-refractivity contribution in [1.82, 2.24) is 5.32 Å². The van der Waals surface area contributed by atoms with Gasteiger partial charge in [-0.05, 0) is 30.7 Å². The maximum absolute atomic E-state index is 12.1. The van der Waals surface area contributed by atoms with Gasteiger partial charge in [-0.15, -0.1) is 0 Å². The van der Waals surface area contributed by atoms with E-state index in [9.17, 15) is 8.78 Å². The van der Waals surface area contributed by atoms with Gasteiger partial charge >= 0.3 is 0 Å². The second kappa shape index (κ2) is 7.63. The van der Waals surface area contributed by atoms with Crippen molar-refractivity contribution in [2.24, 2.45) is 0 Å². The van der Waals surface area contributed by atoms with E-state index >= 15 is 0 Å². The third-order valence-corrected chi connectivity index (χ3v) is 2.91. The van der Waals surface area contributed by atoms with Crippen LogP contribution in [0.4, 0.5) is 8.78 Å². The summed E-state index contributed by atoms with van der Waals surface area (Å²) in [6.07, 6.45) is 2.34. The number of benzene rings is 1. The second-order valence-electron chi connectivity index (χ2n) is 3.55. The molecular weight excluding hydrogens is 228 g/mol. The minimum Gasteiger partial charge on any atom is -0.313 e. The first-order chi connectivity index (χ1) is 7.72. The molecule has 0 spiro atoms. The van der Waals surface area contributed by atoms with Gasteiger partial charge in [0.2, 0.25) is 0 Å². The molecule has 0 atom stereocenters. The lowest BCUT2D eigenvalue weighted by molar-refractivity contribution is 0.252. The first-order valence-electron chi connectivity index (χ1n) is 5.47. The first-order valence-corrected chi connectivity index (χ1v) is 6.35. The van der Waals surface area contributed by atoms with Gasteiger partial charge in [0.15, 0.2) is 0 Å². The Morgan fingerprint density at radius 3 is 2.50 bits per heavy atom. The van der Waals surface area contributed by atoms with Gasteiger partial charge in [0.05, 0.1) is 0 Å². The van der Waals surface area contributed by atoms with E-state index in [0.717, 1.165) is 18.7 Å². The molecule has 0 amide bonds. The molecule has 1 aromatic carbocycles. The molecule has 0 heterocycles. The number of halogens is 2. The highest BCUT2D eigenvalue weighted by Gasteiger charge is 2.04. The zero-order valence-electron chi connectivity index (χ0n) is 9.38. The van der Waals surface area contributed by atoms with Gasteiger partial charge in [-0.3, -0.25) is 0 Å². The standard InChI is InChI=1S/C12H17F2NS/c1-2-3-8-15-9-10-4-6-11(7-5-10)16-12(13)14/h4-7,12,15H,2-3,8-9H2,1H3. The van der Waals surface area contributed by atoms with E-state index in [0.29, 0.717) is 16.7 Å². The predicted molar refractivity (Wildman–Crippen MR) is 64.9 cm³/mol. The fourth-order valence-corrected chi connectivity index (χ4v) is 1.82. The first kappa shape index (κ1) is 13.5. The minimum atomic E-state index is -2.34. The van der Waals surface area contributed by atoms with Crippen molar-refractivity contribution >= 4 is 11.8 Å². The molecule has 0 saturated heterocycles. The van der Waals surface area contributed by atoms with Crippen LogP contribution in [0, 0.1) is 0 Å². The van der Waals surface area contributed by atoms with Gasteiger partial charge in [-0.1, -0.05) is 37.2 Å². The Hall–Kier alpha value is -0.610. The number of alkyl halides is 2. The number of rotatable bonds is 7. The highest BCUT2D eigenvalue weighted by atomic mass is 32.2. The van der Waals surface area contributed by atoms with Crippen LogP contribution in [-0.4, -0.2) is 12.3 Å². The Bertz CT molecular complexity index is 288. The summed E-state index contributed by atoms with van der Waals surface area (Å²) in [5.41, 5.74) is 1.13. The van der Waals surface area contributed by atoms with Gasteiger partial charge in [0.25, 0.3) is 5.76 Å². The van der Waals surface area contributed by atoms with E-state index in [1.165, 1.54) is 12.8 Å². The molecule has 0 aromatic heterocycles. The molecule has 1 N–H and O–H groups in total. The number of nitrogens with one attached hydrogen (secondary N) is 1. The van der Waals surface area contributed by atoms with E-state index < -0.39 is 5.76 Å². The Morgan fingerprint density at radius 2 is 1.94 bits per heavy atom. The van der Waals surface area contributed by atoms with Crippen LogP contribution in [0.25, 0.3) is 0 Å². The summed E-state index contributed by atoms with van der Waals surface area (Å²) in [6, 6.07) is 7.27. The van der Waals surface area contributed by atoms with Crippen LogP contribution < -0.4 is 5.32 Å². The Kier molecular flexibility index (Phi) is 6.42. The van der Waals surface area contributed by atoms with Crippen LogP contribution in [0.2, 0.25) is 0 Å². The SMILES string of the molecule is CCCCNCc1ccc(SC(F)F)cc1. The largest absolute Gasteiger partial charge is 0.313 e. The molecule has 1 aromatic rings. The molecule has 90 valence electrons. The Morgan fingerprint density at radius 1 is 1.25 bits per heavy atom. The van der Waals surface area contributed by atoms with Gasteiger partial charge in [0, 0.05) is 11.4 Å². The monoisotopic (exact) mass is 245 g/mol. The van der Waals surface area contributed by atoms with Gasteiger partial charge in [0.1, 0.15) is 0 Å². The summed E-state index contributed by atoms with van der Waals surface area (Å²) in [6.45, 7) is 3.96. The van der Waals surface area contributed by atoms with Crippen LogP contribution in [0.15, 0.2) is 29.2 Å². The zero-order chi connectivity index (χ0) is 11.8. The number of unbranched alkanes of at least 4 members (excludes halogenated alkanes) is 1. The van der Waals surface area contributed by atoms with E-state index in [-0.39, 0.29) is 0 Å². The summed E-state index contributed by atoms with van der Waals surface area (Å²) in [5, 5.41) is 3.31. The third kappa shape index (κ3) is 5.47. The third-order valence-electron chi connectivity index (χ3n) is 2.18. The van der Waals surface area contributed by atoms with Crippen LogP contribution in [0.1, 0.15) is 25.3 Å². The van der Waals surface area contributed by atoms with Crippen LogP contribution in [-0.2, 0) is 6.54 Å². The van der Waals surface area contributed by atoms with Gasteiger partial charge in [-0.2, -0.15) is 8.78 Å². The molecule has 0 bridgehead atoms. The molecule has 0 fully saturated rings. The molecule has 1 rings (SSSR count). The minimum absolute atomic E-state index is 0.585. The molecule has 0 aliphatic heterocycles. The lowest BCUT2D eigenvalue weighted by atomic mass is 10.2. The van der Waals surface area contributed by atoms with E-state index in [2.05, 4.69) is 12.2 Å². The molecule has 0 radical (unpaired) electrons. The number of thioether (sulfide) groups is 1. The number of hydrogen-bond donors (Lipinski definition) is 1. The van der Waals surface area contributed by atoms with Crippen LogP contribution in [0.5, 0.6) is 0 Å². The predicted octanol–water partition coefficient (Wildman–Crippen LogP) is 3.89. The molecule has 1 nitrogen and oxygen atoms in total. The van der Waals surface area contributed by atoms with Crippen LogP contribution >= 0.6 is 11.8 Å². The summed E-state index contributed by atoms with van der Waals surface area (Å²) in [4.78, 5) is 0.618. The highest BCUT2D eigenvalue weighted by Crippen LogP contribution is 2.24. The van der Waals surface area contributed by atoms with E-state index in [4.69, 9.17) is 0 Å². The average molecular weight is 245 g/mol. The maximum atomic E-state index is 12.1. The van der Waals surface area contributed by atoms with Crippen molar-refractivity contribution in [2.75, 3.05) is 6.54 Å². The highest BCUT2D eigenvalue weighted by molar-refractivity contribution is 7.99. The molecule has 0 aliphatic carbocycles. The van der Waals surface area contributed by atoms with Crippen molar-refractivity contribution < 1.29 is 8.78 Å². The number of hydrogen-bond acceptors (Lipinski definition) is 2. The normalized spacial score (nSPS) is 11.0. The quantitative estimate of drug-likeness (QED) is 0.577. The lowest BCUT2D eigenvalue weighted by Crippen LogP contribution is -2.14. The van der Waals surface area contributed by atoms with Gasteiger partial charge < -0.3 is 5.32 Å². The Labute approximate surface area is 99.6 Å². The van der Waals surface area contributed by atoms with Crippen LogP contribution in [0.3, 0.4) is 0 Å². The zero-order valence-corrected chi connectivity index (χ0v) is 10.2. The summed E-state index contributed by atoms with van der Waals surface area (Å²) < 4.78 is 24.1. The lowest BCUT2D eigenvalue weighted by Gasteiger charge is -2.05. The molecule has 0 aliphatic rings. The van der Waals surface area contributed by atoms with E-state index in [1.807, 2.05) is 12.1 Å². The Balaban J connectivity index is 2.33. The van der Waals surface area contributed by atoms with Crippen molar-refractivity contribution in [3.8, 4) is 0 Å². The van der Waals surface area contributed by atoms with Crippen molar-refractivity contribution in [3.63, 3.8) is 0 Å². The average Bonchev–Trinajstić information content (AvgIpc) is 2.26. The molecule has 16 heavy (non-hydrogen) atoms. The smallest absolute Gasteiger partial charge is 0.288 e. The van der Waals surface area contributed by atoms with Crippen molar-refractivity contribution in [1.29, 1.82) is 0 Å². The summed E-state index contributed by atoms with van der Waals surface area (Å²) in [5.74, 6) is -2.34. The second-order valence-corrected chi connectivity index (χ2v) is 4.62. The molecule has 0 unspecified atom stereocenters. The van der Waals surface area contributed by atoms with Crippen molar-refractivity contribution in [2.45, 2.75) is 37.0 Å². The molecule has 0 saturated carbocycles. The van der Waals surface area contributed by atoms with Crippen molar-refractivity contribution in [3.05, 3.63) is 29.8 Å². The molecular formula is C12H17F2NS. The summed E-state index contributed by atoms with van der Waals surface area (Å²) in [7, 11) is 0. The maximum Gasteiger partial charge on any atom is 0.288 e. The molecule has 4 heteroatoms. The summed E-state index contributed by atoms with van der Waals surface area (Å²) >= 11 is 0.585. The van der Waals surface area contributed by atoms with Gasteiger partial charge in [-0.25, -0.2) is 0 Å². The van der Waals surface area contributed by atoms with E-state index in [1.54, 1.807) is 12.1 Å². The fourth-order valence-electron chi connectivity index (χ4n) is 1.32. The fraction of sp³-hybridized carbons (Fsp3) is 0.500.